The SMILES string of the molecule is CCCCC(CC)COC(=O)CCS(=O)(=O)c1ccc(C)nc1O[C@H](C)CCCCO[Si](c1ccccc1)c1ccc(C(C)(C)C)cc1. The molecule has 3 aromatic rings. The lowest BCUT2D eigenvalue weighted by Gasteiger charge is -2.21. The standard InChI is InChI=1S/C39H56NO6SSi/c1-8-10-17-32(9-2)29-44-37(41)26-28-47(42,43)36-25-20-30(3)40-38(36)46-31(4)16-14-15-27-45-48(34-18-12-11-13-19-34)35-23-21-33(22-24-35)39(5,6)7/h11-13,18-25,31-32H,8-10,14-17,26-29H2,1-7H3/t31-,32?/m1/s1. The molecule has 0 aliphatic heterocycles. The van der Waals surface area contributed by atoms with Gasteiger partial charge in [0.15, 0.2) is 9.84 Å². The first-order chi connectivity index (χ1) is 22.8. The first-order valence-corrected chi connectivity index (χ1v) is 20.6. The molecule has 0 bridgehead atoms. The Labute approximate surface area is 291 Å². The molecule has 2 atom stereocenters. The van der Waals surface area contributed by atoms with Crippen molar-refractivity contribution < 1.29 is 27.1 Å². The van der Waals surface area contributed by atoms with E-state index in [0.717, 1.165) is 44.9 Å². The number of nitrogens with zero attached hydrogens (tertiary/aromatic N) is 1. The Morgan fingerprint density at radius 3 is 2.23 bits per heavy atom. The van der Waals surface area contributed by atoms with E-state index in [-0.39, 0.29) is 34.5 Å². The molecular formula is C39H56NO6SSi. The molecule has 263 valence electrons. The third-order valence-corrected chi connectivity index (χ3v) is 12.4. The minimum atomic E-state index is -3.81. The first kappa shape index (κ1) is 39.4. The predicted molar refractivity (Wildman–Crippen MR) is 196 cm³/mol. The molecule has 9 heteroatoms. The molecule has 2 aromatic carbocycles. The van der Waals surface area contributed by atoms with E-state index in [0.29, 0.717) is 24.8 Å². The van der Waals surface area contributed by atoms with Crippen LogP contribution in [0.1, 0.15) is 104 Å². The summed E-state index contributed by atoms with van der Waals surface area (Å²) in [4.78, 5) is 16.8. The number of rotatable bonds is 20. The van der Waals surface area contributed by atoms with Crippen LogP contribution in [-0.4, -0.2) is 53.5 Å². The van der Waals surface area contributed by atoms with Crippen molar-refractivity contribution in [3.63, 3.8) is 0 Å². The molecule has 7 nitrogen and oxygen atoms in total. The van der Waals surface area contributed by atoms with Crippen molar-refractivity contribution in [1.29, 1.82) is 0 Å². The number of hydrogen-bond donors (Lipinski definition) is 0. The van der Waals surface area contributed by atoms with Crippen LogP contribution in [0.5, 0.6) is 5.88 Å². The van der Waals surface area contributed by atoms with Gasteiger partial charge in [-0.3, -0.25) is 4.79 Å². The van der Waals surface area contributed by atoms with E-state index >= 15 is 0 Å². The van der Waals surface area contributed by atoms with Crippen LogP contribution in [0.2, 0.25) is 0 Å². The molecule has 0 N–H and O–H groups in total. The summed E-state index contributed by atoms with van der Waals surface area (Å²) in [6.07, 6.45) is 6.06. The number of benzene rings is 2. The molecule has 1 aromatic heterocycles. The topological polar surface area (TPSA) is 91.8 Å². The summed E-state index contributed by atoms with van der Waals surface area (Å²) in [6.45, 7) is 15.5. The number of ether oxygens (including phenoxy) is 2. The number of pyridine rings is 1. The second-order valence-corrected chi connectivity index (χ2v) is 17.9. The smallest absolute Gasteiger partial charge is 0.306 e. The Morgan fingerprint density at radius 2 is 1.58 bits per heavy atom. The van der Waals surface area contributed by atoms with Gasteiger partial charge >= 0.3 is 5.97 Å². The van der Waals surface area contributed by atoms with Crippen LogP contribution in [0.3, 0.4) is 0 Å². The number of aromatic nitrogens is 1. The summed E-state index contributed by atoms with van der Waals surface area (Å²) in [6, 6.07) is 22.4. The summed E-state index contributed by atoms with van der Waals surface area (Å²) in [5.74, 6) is -0.455. The van der Waals surface area contributed by atoms with Gasteiger partial charge in [0.25, 0.3) is 9.04 Å². The van der Waals surface area contributed by atoms with E-state index in [1.54, 1.807) is 13.0 Å². The number of carbonyl (C=O) groups excluding carboxylic acids is 1. The number of esters is 1. The molecule has 0 aliphatic carbocycles. The molecule has 3 rings (SSSR count). The highest BCUT2D eigenvalue weighted by Gasteiger charge is 2.25. The van der Waals surface area contributed by atoms with Crippen molar-refractivity contribution in [2.24, 2.45) is 5.92 Å². The van der Waals surface area contributed by atoms with Gasteiger partial charge in [0.1, 0.15) is 4.90 Å². The number of carbonyl (C=O) groups is 1. The largest absolute Gasteiger partial charge is 0.474 e. The molecule has 0 aliphatic rings. The number of hydrogen-bond acceptors (Lipinski definition) is 7. The molecule has 1 unspecified atom stereocenters. The maximum atomic E-state index is 13.3. The minimum absolute atomic E-state index is 0.0121. The molecule has 0 saturated heterocycles. The Morgan fingerprint density at radius 1 is 0.896 bits per heavy atom. The van der Waals surface area contributed by atoms with Crippen LogP contribution in [0.15, 0.2) is 71.6 Å². The molecule has 0 amide bonds. The van der Waals surface area contributed by atoms with E-state index in [1.807, 2.05) is 13.0 Å². The average Bonchev–Trinajstić information content (AvgIpc) is 3.05. The molecule has 0 fully saturated rings. The molecular weight excluding hydrogens is 639 g/mol. The lowest BCUT2D eigenvalue weighted by molar-refractivity contribution is -0.144. The number of sulfone groups is 1. The lowest BCUT2D eigenvalue weighted by Crippen LogP contribution is -2.45. The molecule has 48 heavy (non-hydrogen) atoms. The summed E-state index contributed by atoms with van der Waals surface area (Å²) in [5, 5.41) is 2.44. The fourth-order valence-electron chi connectivity index (χ4n) is 5.35. The average molecular weight is 695 g/mol. The Bertz CT molecular complexity index is 1510. The second-order valence-electron chi connectivity index (χ2n) is 13.7. The third-order valence-electron chi connectivity index (χ3n) is 8.51. The summed E-state index contributed by atoms with van der Waals surface area (Å²) < 4.78 is 44.7. The lowest BCUT2D eigenvalue weighted by atomic mass is 9.87. The Hall–Kier alpha value is -3.01. The van der Waals surface area contributed by atoms with Crippen molar-refractivity contribution in [3.05, 3.63) is 78.0 Å². The molecule has 1 radical (unpaired) electrons. The van der Waals surface area contributed by atoms with Crippen LogP contribution in [-0.2, 0) is 29.2 Å². The van der Waals surface area contributed by atoms with Crippen molar-refractivity contribution in [1.82, 2.24) is 4.98 Å². The van der Waals surface area contributed by atoms with Crippen LogP contribution in [0.25, 0.3) is 0 Å². The zero-order valence-electron chi connectivity index (χ0n) is 30.1. The molecule has 0 saturated carbocycles. The second kappa shape index (κ2) is 19.2. The van der Waals surface area contributed by atoms with Gasteiger partial charge in [-0.1, -0.05) is 108 Å². The van der Waals surface area contributed by atoms with E-state index in [1.165, 1.54) is 22.0 Å². The van der Waals surface area contributed by atoms with E-state index in [2.05, 4.69) is 88.1 Å². The maximum absolute atomic E-state index is 13.3. The quantitative estimate of drug-likeness (QED) is 0.0693. The summed E-state index contributed by atoms with van der Waals surface area (Å²) in [7, 11) is -5.22. The van der Waals surface area contributed by atoms with Gasteiger partial charge in [0.2, 0.25) is 5.88 Å². The van der Waals surface area contributed by atoms with Crippen LogP contribution >= 0.6 is 0 Å². The Balaban J connectivity index is 1.54. The maximum Gasteiger partial charge on any atom is 0.306 e. The molecule has 0 spiro atoms. The van der Waals surface area contributed by atoms with Crippen molar-refractivity contribution >= 4 is 35.2 Å². The van der Waals surface area contributed by atoms with Gasteiger partial charge in [-0.2, -0.15) is 0 Å². The van der Waals surface area contributed by atoms with Gasteiger partial charge in [-0.05, 0) is 78.9 Å². The highest BCUT2D eigenvalue weighted by atomic mass is 32.2. The normalized spacial score (nSPS) is 13.3. The third kappa shape index (κ3) is 12.8. The van der Waals surface area contributed by atoms with Crippen LogP contribution < -0.4 is 15.1 Å². The van der Waals surface area contributed by atoms with Gasteiger partial charge < -0.3 is 13.9 Å². The van der Waals surface area contributed by atoms with E-state index in [9.17, 15) is 13.2 Å². The monoisotopic (exact) mass is 694 g/mol. The van der Waals surface area contributed by atoms with Crippen LogP contribution in [0.4, 0.5) is 0 Å². The van der Waals surface area contributed by atoms with Crippen molar-refractivity contribution in [3.8, 4) is 5.88 Å². The fraction of sp³-hybridized carbons (Fsp3) is 0.538. The number of aryl methyl sites for hydroxylation is 1. The minimum Gasteiger partial charge on any atom is -0.474 e. The van der Waals surface area contributed by atoms with Gasteiger partial charge in [0, 0.05) is 12.3 Å². The van der Waals surface area contributed by atoms with Gasteiger partial charge in [-0.25, -0.2) is 13.4 Å². The zero-order valence-corrected chi connectivity index (χ0v) is 31.9. The van der Waals surface area contributed by atoms with Crippen molar-refractivity contribution in [2.75, 3.05) is 19.0 Å². The predicted octanol–water partition coefficient (Wildman–Crippen LogP) is 7.37. The molecule has 1 heterocycles. The zero-order chi connectivity index (χ0) is 35.2. The first-order valence-electron chi connectivity index (χ1n) is 17.5. The highest BCUT2D eigenvalue weighted by Crippen LogP contribution is 2.26. The fourth-order valence-corrected chi connectivity index (χ4v) is 8.62. The van der Waals surface area contributed by atoms with E-state index in [4.69, 9.17) is 13.9 Å². The highest BCUT2D eigenvalue weighted by molar-refractivity contribution is 7.91. The van der Waals surface area contributed by atoms with Gasteiger partial charge in [-0.15, -0.1) is 0 Å². The van der Waals surface area contributed by atoms with Crippen LogP contribution in [0, 0.1) is 12.8 Å². The van der Waals surface area contributed by atoms with Crippen molar-refractivity contribution in [2.45, 2.75) is 116 Å². The van der Waals surface area contributed by atoms with Gasteiger partial charge in [0.05, 0.1) is 24.9 Å². The number of unbranched alkanes of at least 4 members (excludes halogenated alkanes) is 2. The summed E-state index contributed by atoms with van der Waals surface area (Å²) >= 11 is 0. The van der Waals surface area contributed by atoms with E-state index < -0.39 is 24.8 Å². The Kier molecular flexibility index (Phi) is 15.8. The summed E-state index contributed by atoms with van der Waals surface area (Å²) in [5.41, 5.74) is 2.05.